The second kappa shape index (κ2) is 7.51. The van der Waals surface area contributed by atoms with Crippen molar-refractivity contribution in [3.63, 3.8) is 0 Å². The predicted octanol–water partition coefficient (Wildman–Crippen LogP) is 0.951. The van der Waals surface area contributed by atoms with E-state index in [4.69, 9.17) is 10.5 Å². The van der Waals surface area contributed by atoms with Crippen molar-refractivity contribution in [2.45, 2.75) is 25.8 Å². The first kappa shape index (κ1) is 15.1. The van der Waals surface area contributed by atoms with Gasteiger partial charge in [0, 0.05) is 45.6 Å². The van der Waals surface area contributed by atoms with Gasteiger partial charge in [-0.1, -0.05) is 6.92 Å². The van der Waals surface area contributed by atoms with Gasteiger partial charge in [0.15, 0.2) is 0 Å². The molecule has 0 saturated carbocycles. The highest BCUT2D eigenvalue weighted by Crippen LogP contribution is 2.22. The Morgan fingerprint density at radius 1 is 1.56 bits per heavy atom. The zero-order valence-electron chi connectivity index (χ0n) is 12.0. The molecule has 0 fully saturated rings. The number of nitrogens with two attached hydrogens (primary N) is 1. The molecule has 5 heteroatoms. The number of ether oxygens (including phenoxy) is 1. The normalized spacial score (nSPS) is 13.2. The summed E-state index contributed by atoms with van der Waals surface area (Å²) in [7, 11) is 5.80. The Bertz CT molecular complexity index is 351. The lowest BCUT2D eigenvalue weighted by atomic mass is 10.1. The Balaban J connectivity index is 2.74. The van der Waals surface area contributed by atoms with Crippen LogP contribution in [0.5, 0.6) is 0 Å². The summed E-state index contributed by atoms with van der Waals surface area (Å²) in [5.41, 5.74) is 8.33. The third-order valence-corrected chi connectivity index (χ3v) is 3.25. The maximum absolute atomic E-state index is 5.93. The molecule has 1 rings (SSSR count). The molecule has 0 radical (unpaired) electrons. The molecule has 1 aromatic heterocycles. The third kappa shape index (κ3) is 3.80. The van der Waals surface area contributed by atoms with E-state index in [1.54, 1.807) is 7.11 Å². The lowest BCUT2D eigenvalue weighted by Gasteiger charge is -2.26. The van der Waals surface area contributed by atoms with Crippen LogP contribution in [0.15, 0.2) is 6.20 Å². The van der Waals surface area contributed by atoms with Crippen LogP contribution < -0.4 is 5.73 Å². The molecule has 0 aliphatic rings. The Morgan fingerprint density at radius 2 is 2.28 bits per heavy atom. The van der Waals surface area contributed by atoms with Gasteiger partial charge < -0.3 is 10.5 Å². The standard InChI is InChI=1S/C13H26N4O/c1-5-12-11(10-17(3)15-12)13(9-14)16(2)7-6-8-18-4/h10,13H,5-9,14H2,1-4H3. The molecule has 1 unspecified atom stereocenters. The molecule has 0 aliphatic heterocycles. The van der Waals surface area contributed by atoms with Crippen LogP contribution in [0.25, 0.3) is 0 Å². The highest BCUT2D eigenvalue weighted by Gasteiger charge is 2.20. The lowest BCUT2D eigenvalue weighted by molar-refractivity contribution is 0.166. The van der Waals surface area contributed by atoms with Gasteiger partial charge in [0.2, 0.25) is 0 Å². The minimum absolute atomic E-state index is 0.241. The van der Waals surface area contributed by atoms with Crippen molar-refractivity contribution in [1.82, 2.24) is 14.7 Å². The summed E-state index contributed by atoms with van der Waals surface area (Å²) in [6, 6.07) is 0.241. The highest BCUT2D eigenvalue weighted by molar-refractivity contribution is 5.22. The molecule has 2 N–H and O–H groups in total. The second-order valence-electron chi connectivity index (χ2n) is 4.64. The van der Waals surface area contributed by atoms with E-state index in [0.717, 1.165) is 31.7 Å². The first-order valence-corrected chi connectivity index (χ1v) is 6.55. The number of nitrogens with zero attached hydrogens (tertiary/aromatic N) is 3. The molecule has 0 amide bonds. The van der Waals surface area contributed by atoms with Crippen molar-refractivity contribution in [1.29, 1.82) is 0 Å². The van der Waals surface area contributed by atoms with Crippen LogP contribution in [-0.4, -0.2) is 48.5 Å². The first-order valence-electron chi connectivity index (χ1n) is 6.55. The van der Waals surface area contributed by atoms with Gasteiger partial charge in [-0.05, 0) is 19.9 Å². The van der Waals surface area contributed by atoms with Crippen molar-refractivity contribution in [3.8, 4) is 0 Å². The summed E-state index contributed by atoms with van der Waals surface area (Å²) in [5.74, 6) is 0. The number of aromatic nitrogens is 2. The number of hydrogen-bond donors (Lipinski definition) is 1. The maximum Gasteiger partial charge on any atom is 0.0670 e. The molecule has 1 heterocycles. The SMILES string of the molecule is CCc1nn(C)cc1C(CN)N(C)CCCOC. The monoisotopic (exact) mass is 254 g/mol. The van der Waals surface area contributed by atoms with Crippen molar-refractivity contribution in [3.05, 3.63) is 17.5 Å². The lowest BCUT2D eigenvalue weighted by Crippen LogP contribution is -2.32. The van der Waals surface area contributed by atoms with Crippen molar-refractivity contribution in [2.24, 2.45) is 12.8 Å². The summed E-state index contributed by atoms with van der Waals surface area (Å²) in [6.45, 7) is 4.51. The van der Waals surface area contributed by atoms with Gasteiger partial charge in [-0.25, -0.2) is 0 Å². The number of hydrogen-bond acceptors (Lipinski definition) is 4. The minimum Gasteiger partial charge on any atom is -0.385 e. The molecule has 0 aromatic carbocycles. The quantitative estimate of drug-likeness (QED) is 0.702. The van der Waals surface area contributed by atoms with Crippen LogP contribution >= 0.6 is 0 Å². The molecule has 5 nitrogen and oxygen atoms in total. The molecule has 1 aromatic rings. The fourth-order valence-electron chi connectivity index (χ4n) is 2.26. The van der Waals surface area contributed by atoms with E-state index < -0.39 is 0 Å². The zero-order valence-corrected chi connectivity index (χ0v) is 12.0. The summed E-state index contributed by atoms with van der Waals surface area (Å²) in [6.07, 6.45) is 4.05. The Kier molecular flexibility index (Phi) is 6.32. The van der Waals surface area contributed by atoms with Gasteiger partial charge in [0.1, 0.15) is 0 Å². The number of methoxy groups -OCH3 is 1. The predicted molar refractivity (Wildman–Crippen MR) is 73.5 cm³/mol. The average molecular weight is 254 g/mol. The summed E-state index contributed by atoms with van der Waals surface area (Å²) in [4.78, 5) is 2.29. The molecular weight excluding hydrogens is 228 g/mol. The van der Waals surface area contributed by atoms with Gasteiger partial charge in [-0.15, -0.1) is 0 Å². The number of likely N-dealkylation sites (N-methyl/N-ethyl adjacent to an activating group) is 1. The fraction of sp³-hybridized carbons (Fsp3) is 0.769. The first-order chi connectivity index (χ1) is 8.63. The Labute approximate surface area is 110 Å². The van der Waals surface area contributed by atoms with Gasteiger partial charge >= 0.3 is 0 Å². The highest BCUT2D eigenvalue weighted by atomic mass is 16.5. The van der Waals surface area contributed by atoms with Crippen molar-refractivity contribution in [2.75, 3.05) is 33.9 Å². The van der Waals surface area contributed by atoms with E-state index >= 15 is 0 Å². The van der Waals surface area contributed by atoms with Crippen molar-refractivity contribution < 1.29 is 4.74 Å². The maximum atomic E-state index is 5.93. The number of aryl methyl sites for hydroxylation is 2. The third-order valence-electron chi connectivity index (χ3n) is 3.25. The van der Waals surface area contributed by atoms with Crippen LogP contribution in [0.3, 0.4) is 0 Å². The Hall–Kier alpha value is -0.910. The van der Waals surface area contributed by atoms with E-state index in [2.05, 4.69) is 30.2 Å². The van der Waals surface area contributed by atoms with E-state index in [0.29, 0.717) is 6.54 Å². The van der Waals surface area contributed by atoms with E-state index in [1.807, 2.05) is 11.7 Å². The van der Waals surface area contributed by atoms with Gasteiger partial charge in [-0.3, -0.25) is 9.58 Å². The Morgan fingerprint density at radius 3 is 2.83 bits per heavy atom. The van der Waals surface area contributed by atoms with Gasteiger partial charge in [0.05, 0.1) is 11.7 Å². The van der Waals surface area contributed by atoms with Crippen LogP contribution in [0, 0.1) is 0 Å². The summed E-state index contributed by atoms with van der Waals surface area (Å²) >= 11 is 0. The fourth-order valence-corrected chi connectivity index (χ4v) is 2.26. The molecule has 0 spiro atoms. The van der Waals surface area contributed by atoms with Crippen molar-refractivity contribution >= 4 is 0 Å². The minimum atomic E-state index is 0.241. The van der Waals surface area contributed by atoms with Crippen LogP contribution in [0.1, 0.15) is 30.6 Å². The van der Waals surface area contributed by atoms with Crippen LogP contribution in [0.2, 0.25) is 0 Å². The topological polar surface area (TPSA) is 56.3 Å². The smallest absolute Gasteiger partial charge is 0.0670 e. The molecule has 104 valence electrons. The summed E-state index contributed by atoms with van der Waals surface area (Å²) < 4.78 is 6.96. The van der Waals surface area contributed by atoms with Crippen LogP contribution in [-0.2, 0) is 18.2 Å². The summed E-state index contributed by atoms with van der Waals surface area (Å²) in [5, 5.41) is 4.49. The molecule has 0 bridgehead atoms. The molecular formula is C13H26N4O. The second-order valence-corrected chi connectivity index (χ2v) is 4.64. The average Bonchev–Trinajstić information content (AvgIpc) is 2.72. The van der Waals surface area contributed by atoms with Crippen LogP contribution in [0.4, 0.5) is 0 Å². The van der Waals surface area contributed by atoms with E-state index in [9.17, 15) is 0 Å². The number of rotatable bonds is 8. The van der Waals surface area contributed by atoms with Gasteiger partial charge in [-0.2, -0.15) is 5.10 Å². The van der Waals surface area contributed by atoms with E-state index in [-0.39, 0.29) is 6.04 Å². The largest absolute Gasteiger partial charge is 0.385 e. The molecule has 0 aliphatic carbocycles. The van der Waals surface area contributed by atoms with E-state index in [1.165, 1.54) is 5.56 Å². The molecule has 0 saturated heterocycles. The molecule has 18 heavy (non-hydrogen) atoms. The molecule has 1 atom stereocenters. The van der Waals surface area contributed by atoms with Gasteiger partial charge in [0.25, 0.3) is 0 Å². The zero-order chi connectivity index (χ0) is 13.5.